The predicted octanol–water partition coefficient (Wildman–Crippen LogP) is 1.65. The molecule has 1 amide bonds. The van der Waals surface area contributed by atoms with E-state index in [2.05, 4.69) is 13.8 Å². The lowest BCUT2D eigenvalue weighted by molar-refractivity contribution is -0.145. The van der Waals surface area contributed by atoms with E-state index in [4.69, 9.17) is 0 Å². The van der Waals surface area contributed by atoms with E-state index in [0.29, 0.717) is 11.8 Å². The van der Waals surface area contributed by atoms with Crippen LogP contribution in [0.5, 0.6) is 0 Å². The van der Waals surface area contributed by atoms with Crippen molar-refractivity contribution in [1.29, 1.82) is 0 Å². The van der Waals surface area contributed by atoms with Crippen LogP contribution in [0.1, 0.15) is 33.1 Å². The summed E-state index contributed by atoms with van der Waals surface area (Å²) >= 11 is 0. The zero-order valence-electron chi connectivity index (χ0n) is 7.97. The number of amides is 1. The highest BCUT2D eigenvalue weighted by Gasteiger charge is 2.45. The van der Waals surface area contributed by atoms with E-state index in [1.54, 1.807) is 0 Å². The van der Waals surface area contributed by atoms with Gasteiger partial charge in [0.15, 0.2) is 0 Å². The molecule has 0 radical (unpaired) electrons. The molecule has 1 saturated heterocycles. The Bertz CT molecular complexity index is 202. The number of likely N-dealkylation sites (tertiary alicyclic amines) is 1. The smallest absolute Gasteiger partial charge is 0.228 e. The van der Waals surface area contributed by atoms with E-state index in [1.807, 2.05) is 4.90 Å². The maximum Gasteiger partial charge on any atom is 0.228 e. The summed E-state index contributed by atoms with van der Waals surface area (Å²) in [5.41, 5.74) is -0.0690. The fourth-order valence-electron chi connectivity index (χ4n) is 1.91. The lowest BCUT2D eigenvalue weighted by Crippen LogP contribution is -2.49. The van der Waals surface area contributed by atoms with Crippen molar-refractivity contribution in [2.45, 2.75) is 33.1 Å². The first kappa shape index (κ1) is 8.09. The number of hydrogen-bond acceptors (Lipinski definition) is 1. The molecule has 1 heterocycles. The minimum atomic E-state index is -0.0690. The van der Waals surface area contributed by atoms with Crippen LogP contribution in [0, 0.1) is 11.3 Å². The van der Waals surface area contributed by atoms with Crippen molar-refractivity contribution in [3.8, 4) is 0 Å². The van der Waals surface area contributed by atoms with Crippen LogP contribution in [0.3, 0.4) is 0 Å². The Kier molecular flexibility index (Phi) is 1.67. The molecule has 2 fully saturated rings. The minimum Gasteiger partial charge on any atom is -0.342 e. The third kappa shape index (κ3) is 1.13. The Morgan fingerprint density at radius 2 is 1.92 bits per heavy atom. The number of rotatable bonds is 2. The molecule has 0 unspecified atom stereocenters. The monoisotopic (exact) mass is 167 g/mol. The number of carbonyl (C=O) groups excluding carboxylic acids is 1. The van der Waals surface area contributed by atoms with Crippen molar-refractivity contribution < 1.29 is 4.79 Å². The van der Waals surface area contributed by atoms with Gasteiger partial charge in [-0.15, -0.1) is 0 Å². The van der Waals surface area contributed by atoms with Gasteiger partial charge < -0.3 is 4.90 Å². The Morgan fingerprint density at radius 1 is 1.33 bits per heavy atom. The standard InChI is InChI=1S/C10H17NO/c1-10(2,8-4-5-8)9(12)11-6-3-7-11/h8H,3-7H2,1-2H3. The van der Waals surface area contributed by atoms with Gasteiger partial charge in [-0.05, 0) is 25.2 Å². The van der Waals surface area contributed by atoms with Crippen molar-refractivity contribution in [3.05, 3.63) is 0 Å². The van der Waals surface area contributed by atoms with E-state index in [0.717, 1.165) is 13.1 Å². The van der Waals surface area contributed by atoms with Crippen LogP contribution in [-0.4, -0.2) is 23.9 Å². The highest BCUT2D eigenvalue weighted by Crippen LogP contribution is 2.46. The molecule has 0 aromatic carbocycles. The lowest BCUT2D eigenvalue weighted by atomic mass is 9.85. The van der Waals surface area contributed by atoms with Crippen LogP contribution < -0.4 is 0 Å². The van der Waals surface area contributed by atoms with E-state index in [1.165, 1.54) is 19.3 Å². The zero-order valence-corrected chi connectivity index (χ0v) is 7.97. The molecule has 0 bridgehead atoms. The van der Waals surface area contributed by atoms with Gasteiger partial charge in [0.1, 0.15) is 0 Å². The molecule has 2 rings (SSSR count). The summed E-state index contributed by atoms with van der Waals surface area (Å²) in [6.45, 7) is 6.20. The second-order valence-corrected chi connectivity index (χ2v) is 4.64. The molecule has 0 atom stereocenters. The van der Waals surface area contributed by atoms with Crippen LogP contribution >= 0.6 is 0 Å². The maximum atomic E-state index is 11.9. The van der Waals surface area contributed by atoms with Crippen molar-refractivity contribution in [1.82, 2.24) is 4.90 Å². The van der Waals surface area contributed by atoms with Gasteiger partial charge in [0.05, 0.1) is 0 Å². The Hall–Kier alpha value is -0.530. The molecule has 0 N–H and O–H groups in total. The van der Waals surface area contributed by atoms with Crippen LogP contribution in [0.4, 0.5) is 0 Å². The summed E-state index contributed by atoms with van der Waals surface area (Å²) in [7, 11) is 0. The van der Waals surface area contributed by atoms with Crippen LogP contribution in [0.25, 0.3) is 0 Å². The molecule has 2 aliphatic rings. The molecule has 1 aliphatic carbocycles. The molecular weight excluding hydrogens is 150 g/mol. The molecule has 12 heavy (non-hydrogen) atoms. The van der Waals surface area contributed by atoms with Gasteiger partial charge in [0, 0.05) is 18.5 Å². The molecular formula is C10H17NO. The van der Waals surface area contributed by atoms with Crippen molar-refractivity contribution in [2.75, 3.05) is 13.1 Å². The topological polar surface area (TPSA) is 20.3 Å². The summed E-state index contributed by atoms with van der Waals surface area (Å²) in [5.74, 6) is 1.06. The molecule has 68 valence electrons. The second-order valence-electron chi connectivity index (χ2n) is 4.64. The molecule has 1 aliphatic heterocycles. The van der Waals surface area contributed by atoms with Crippen molar-refractivity contribution in [3.63, 3.8) is 0 Å². The van der Waals surface area contributed by atoms with E-state index < -0.39 is 0 Å². The first-order chi connectivity index (χ1) is 5.62. The third-order valence-corrected chi connectivity index (χ3v) is 3.29. The van der Waals surface area contributed by atoms with E-state index in [-0.39, 0.29) is 5.41 Å². The lowest BCUT2D eigenvalue weighted by Gasteiger charge is -2.37. The Morgan fingerprint density at radius 3 is 2.25 bits per heavy atom. The van der Waals surface area contributed by atoms with Gasteiger partial charge in [-0.3, -0.25) is 4.79 Å². The van der Waals surface area contributed by atoms with Crippen molar-refractivity contribution in [2.24, 2.45) is 11.3 Å². The first-order valence-corrected chi connectivity index (χ1v) is 4.92. The number of carbonyl (C=O) groups is 1. The molecule has 2 heteroatoms. The number of nitrogens with zero attached hydrogens (tertiary/aromatic N) is 1. The summed E-state index contributed by atoms with van der Waals surface area (Å²) in [5, 5.41) is 0. The quantitative estimate of drug-likeness (QED) is 0.612. The average molecular weight is 167 g/mol. The molecule has 2 nitrogen and oxygen atoms in total. The van der Waals surface area contributed by atoms with E-state index in [9.17, 15) is 4.79 Å². The normalized spacial score (nSPS) is 23.7. The minimum absolute atomic E-state index is 0.0690. The zero-order chi connectivity index (χ0) is 8.77. The summed E-state index contributed by atoms with van der Waals surface area (Å²) < 4.78 is 0. The highest BCUT2D eigenvalue weighted by molar-refractivity contribution is 5.83. The van der Waals surface area contributed by atoms with Gasteiger partial charge in [-0.25, -0.2) is 0 Å². The average Bonchev–Trinajstić information content (AvgIpc) is 2.62. The first-order valence-electron chi connectivity index (χ1n) is 4.92. The SMILES string of the molecule is CC(C)(C(=O)N1CCC1)C1CC1. The van der Waals surface area contributed by atoms with Crippen LogP contribution in [0.2, 0.25) is 0 Å². The second kappa shape index (κ2) is 2.48. The fourth-order valence-corrected chi connectivity index (χ4v) is 1.91. The summed E-state index contributed by atoms with van der Waals surface area (Å²) in [6, 6.07) is 0. The van der Waals surface area contributed by atoms with Gasteiger partial charge in [-0.1, -0.05) is 13.8 Å². The fraction of sp³-hybridized carbons (Fsp3) is 0.900. The summed E-state index contributed by atoms with van der Waals surface area (Å²) in [4.78, 5) is 13.9. The van der Waals surface area contributed by atoms with E-state index >= 15 is 0 Å². The number of hydrogen-bond donors (Lipinski definition) is 0. The Labute approximate surface area is 73.9 Å². The third-order valence-electron chi connectivity index (χ3n) is 3.29. The van der Waals surface area contributed by atoms with Gasteiger partial charge in [0.2, 0.25) is 5.91 Å². The summed E-state index contributed by atoms with van der Waals surface area (Å²) in [6.07, 6.45) is 3.71. The largest absolute Gasteiger partial charge is 0.342 e. The van der Waals surface area contributed by atoms with Crippen LogP contribution in [0.15, 0.2) is 0 Å². The van der Waals surface area contributed by atoms with Gasteiger partial charge in [-0.2, -0.15) is 0 Å². The molecule has 1 saturated carbocycles. The van der Waals surface area contributed by atoms with Crippen LogP contribution in [-0.2, 0) is 4.79 Å². The van der Waals surface area contributed by atoms with Gasteiger partial charge >= 0.3 is 0 Å². The predicted molar refractivity (Wildman–Crippen MR) is 47.7 cm³/mol. The van der Waals surface area contributed by atoms with Crippen molar-refractivity contribution >= 4 is 5.91 Å². The molecule has 0 aromatic rings. The molecule has 0 spiro atoms. The molecule has 0 aromatic heterocycles. The maximum absolute atomic E-state index is 11.9. The highest BCUT2D eigenvalue weighted by atomic mass is 16.2. The van der Waals surface area contributed by atoms with Gasteiger partial charge in [0.25, 0.3) is 0 Å². The Balaban J connectivity index is 2.00.